The molecule has 2 fully saturated rings. The third-order valence-electron chi connectivity index (χ3n) is 6.84. The van der Waals surface area contributed by atoms with E-state index < -0.39 is 47.4 Å². The molecule has 1 saturated carbocycles. The topological polar surface area (TPSA) is 65.7 Å². The van der Waals surface area contributed by atoms with Crippen LogP contribution >= 0.6 is 0 Å². The van der Waals surface area contributed by atoms with Crippen molar-refractivity contribution in [3.63, 3.8) is 0 Å². The van der Waals surface area contributed by atoms with Gasteiger partial charge < -0.3 is 10.4 Å². The SMILES string of the molecule is O[C@H]1CCC12CN([C@H](CNc1cc(C(F)(F)F)nc3cc(C(F)(F)F)nn13)c1ccc(F)cc1)C2. The second kappa shape index (κ2) is 8.05. The zero-order valence-corrected chi connectivity index (χ0v) is 18.0. The van der Waals surface area contributed by atoms with Crippen LogP contribution in [0.15, 0.2) is 36.4 Å². The first kappa shape index (κ1) is 23.8. The molecule has 0 radical (unpaired) electrons. The Morgan fingerprint density at radius 2 is 1.69 bits per heavy atom. The summed E-state index contributed by atoms with van der Waals surface area (Å²) in [5.41, 5.74) is -2.89. The molecule has 2 atom stereocenters. The van der Waals surface area contributed by atoms with E-state index in [0.29, 0.717) is 41.7 Å². The van der Waals surface area contributed by atoms with Gasteiger partial charge in [-0.15, -0.1) is 0 Å². The monoisotopic (exact) mass is 503 g/mol. The van der Waals surface area contributed by atoms with Crippen molar-refractivity contribution in [2.24, 2.45) is 5.41 Å². The summed E-state index contributed by atoms with van der Waals surface area (Å²) in [7, 11) is 0. The van der Waals surface area contributed by atoms with Gasteiger partial charge in [-0.25, -0.2) is 9.37 Å². The number of anilines is 1. The molecule has 0 unspecified atom stereocenters. The number of aromatic nitrogens is 3. The summed E-state index contributed by atoms with van der Waals surface area (Å²) in [4.78, 5) is 5.30. The van der Waals surface area contributed by atoms with Gasteiger partial charge in [-0.2, -0.15) is 36.0 Å². The van der Waals surface area contributed by atoms with Gasteiger partial charge in [0.1, 0.15) is 11.6 Å². The first-order valence-corrected chi connectivity index (χ1v) is 10.8. The molecule has 0 amide bonds. The lowest BCUT2D eigenvalue weighted by atomic mass is 9.60. The maximum atomic E-state index is 13.5. The fourth-order valence-corrected chi connectivity index (χ4v) is 4.76. The lowest BCUT2D eigenvalue weighted by Gasteiger charge is -2.60. The fraction of sp³-hybridized carbons (Fsp3) is 0.455. The van der Waals surface area contributed by atoms with E-state index in [-0.39, 0.29) is 17.8 Å². The van der Waals surface area contributed by atoms with Crippen LogP contribution in [-0.4, -0.2) is 50.3 Å². The highest BCUT2D eigenvalue weighted by Gasteiger charge is 2.55. The smallest absolute Gasteiger partial charge is 0.392 e. The maximum Gasteiger partial charge on any atom is 0.435 e. The Balaban J connectivity index is 1.47. The second-order valence-corrected chi connectivity index (χ2v) is 9.09. The molecule has 35 heavy (non-hydrogen) atoms. The number of nitrogens with one attached hydrogen (secondary N) is 1. The molecule has 13 heteroatoms. The molecule has 5 rings (SSSR count). The van der Waals surface area contributed by atoms with Crippen molar-refractivity contribution in [1.29, 1.82) is 0 Å². The molecule has 1 aliphatic carbocycles. The number of alkyl halides is 6. The average molecular weight is 503 g/mol. The molecule has 188 valence electrons. The van der Waals surface area contributed by atoms with Gasteiger partial charge in [0.05, 0.1) is 12.1 Å². The number of hydrogen-bond donors (Lipinski definition) is 2. The largest absolute Gasteiger partial charge is 0.435 e. The Labute approximate surface area is 194 Å². The van der Waals surface area contributed by atoms with Crippen molar-refractivity contribution in [3.05, 3.63) is 59.2 Å². The summed E-state index contributed by atoms with van der Waals surface area (Å²) >= 11 is 0. The maximum absolute atomic E-state index is 13.5. The van der Waals surface area contributed by atoms with E-state index in [4.69, 9.17) is 0 Å². The lowest BCUT2D eigenvalue weighted by Crippen LogP contribution is -2.67. The van der Waals surface area contributed by atoms with Gasteiger partial charge in [0, 0.05) is 37.2 Å². The number of rotatable bonds is 5. The molecule has 3 aromatic rings. The minimum Gasteiger partial charge on any atom is -0.392 e. The van der Waals surface area contributed by atoms with Crippen LogP contribution in [0, 0.1) is 11.2 Å². The zero-order chi connectivity index (χ0) is 25.2. The number of likely N-dealkylation sites (tertiary alicyclic amines) is 1. The van der Waals surface area contributed by atoms with Gasteiger partial charge in [-0.1, -0.05) is 12.1 Å². The van der Waals surface area contributed by atoms with E-state index in [1.807, 2.05) is 4.90 Å². The van der Waals surface area contributed by atoms with E-state index >= 15 is 0 Å². The summed E-state index contributed by atoms with van der Waals surface area (Å²) in [6, 6.07) is 6.22. The summed E-state index contributed by atoms with van der Waals surface area (Å²) < 4.78 is 93.8. The van der Waals surface area contributed by atoms with Crippen molar-refractivity contribution in [1.82, 2.24) is 19.5 Å². The number of aliphatic hydroxyl groups excluding tert-OH is 1. The van der Waals surface area contributed by atoms with Crippen LogP contribution in [-0.2, 0) is 12.4 Å². The predicted molar refractivity (Wildman–Crippen MR) is 110 cm³/mol. The van der Waals surface area contributed by atoms with Crippen LogP contribution < -0.4 is 5.32 Å². The molecule has 2 N–H and O–H groups in total. The van der Waals surface area contributed by atoms with E-state index in [1.165, 1.54) is 12.1 Å². The van der Waals surface area contributed by atoms with E-state index in [9.17, 15) is 35.8 Å². The second-order valence-electron chi connectivity index (χ2n) is 9.09. The highest BCUT2D eigenvalue weighted by molar-refractivity contribution is 5.51. The lowest BCUT2D eigenvalue weighted by molar-refractivity contribution is -0.169. The Morgan fingerprint density at radius 3 is 2.23 bits per heavy atom. The van der Waals surface area contributed by atoms with E-state index in [1.54, 1.807) is 12.1 Å². The summed E-state index contributed by atoms with van der Waals surface area (Å²) in [5, 5.41) is 16.3. The van der Waals surface area contributed by atoms with Crippen LogP contribution in [0.2, 0.25) is 0 Å². The first-order chi connectivity index (χ1) is 16.4. The van der Waals surface area contributed by atoms with Gasteiger partial charge in [-0.05, 0) is 30.5 Å². The molecule has 1 aliphatic heterocycles. The zero-order valence-electron chi connectivity index (χ0n) is 18.0. The molecule has 6 nitrogen and oxygen atoms in total. The van der Waals surface area contributed by atoms with Gasteiger partial charge in [0.25, 0.3) is 0 Å². The highest BCUT2D eigenvalue weighted by Crippen LogP contribution is 2.50. The van der Waals surface area contributed by atoms with Crippen LogP contribution in [0.5, 0.6) is 0 Å². The molecule has 0 bridgehead atoms. The van der Waals surface area contributed by atoms with Crippen molar-refractivity contribution in [2.45, 2.75) is 37.3 Å². The average Bonchev–Trinajstić information content (AvgIpc) is 3.19. The standard InChI is InChI=1S/C22H20F7N5O/c23-13-3-1-12(2-4-13)14(33-10-20(11-33)6-5-17(20)35)9-30-18-7-15(21(24,25)26)31-19-8-16(22(27,28)29)32-34(18)19/h1-4,7-8,14,17,30,35H,5-6,9-11H2/t14-,17+/m1/s1. The first-order valence-electron chi connectivity index (χ1n) is 10.8. The molecule has 1 saturated heterocycles. The Bertz CT molecular complexity index is 1230. The summed E-state index contributed by atoms with van der Waals surface area (Å²) in [6.45, 7) is 1.07. The third-order valence-corrected chi connectivity index (χ3v) is 6.84. The molecule has 1 aromatic carbocycles. The van der Waals surface area contributed by atoms with Gasteiger partial charge >= 0.3 is 12.4 Å². The number of nitrogens with zero attached hydrogens (tertiary/aromatic N) is 4. The predicted octanol–water partition coefficient (Wildman–Crippen LogP) is 4.52. The quantitative estimate of drug-likeness (QED) is 0.502. The summed E-state index contributed by atoms with van der Waals surface area (Å²) in [5.74, 6) is -0.777. The van der Waals surface area contributed by atoms with Crippen molar-refractivity contribution >= 4 is 11.5 Å². The van der Waals surface area contributed by atoms with Gasteiger partial charge in [0.2, 0.25) is 0 Å². The van der Waals surface area contributed by atoms with Crippen LogP contribution in [0.3, 0.4) is 0 Å². The minimum absolute atomic E-state index is 0.00453. The minimum atomic E-state index is -4.89. The summed E-state index contributed by atoms with van der Waals surface area (Å²) in [6.07, 6.45) is -8.64. The van der Waals surface area contributed by atoms with Gasteiger partial charge in [-0.3, -0.25) is 4.90 Å². The number of fused-ring (bicyclic) bond motifs is 1. The fourth-order valence-electron chi connectivity index (χ4n) is 4.76. The van der Waals surface area contributed by atoms with Crippen LogP contribution in [0.4, 0.5) is 36.6 Å². The van der Waals surface area contributed by atoms with E-state index in [0.717, 1.165) is 6.42 Å². The Kier molecular flexibility index (Phi) is 5.47. The van der Waals surface area contributed by atoms with E-state index in [2.05, 4.69) is 15.4 Å². The number of halogens is 7. The van der Waals surface area contributed by atoms with Crippen molar-refractivity contribution in [3.8, 4) is 0 Å². The van der Waals surface area contributed by atoms with Crippen molar-refractivity contribution in [2.75, 3.05) is 25.0 Å². The third kappa shape index (κ3) is 4.31. The molecule has 1 spiro atoms. The number of aliphatic hydroxyl groups is 1. The number of hydrogen-bond acceptors (Lipinski definition) is 5. The molecular weight excluding hydrogens is 483 g/mol. The molecular formula is C22H20F7N5O. The normalized spacial score (nSPS) is 21.1. The van der Waals surface area contributed by atoms with Crippen LogP contribution in [0.25, 0.3) is 5.65 Å². The molecule has 2 aliphatic rings. The van der Waals surface area contributed by atoms with Crippen molar-refractivity contribution < 1.29 is 35.8 Å². The molecule has 3 heterocycles. The highest BCUT2D eigenvalue weighted by atomic mass is 19.4. The number of benzene rings is 1. The Morgan fingerprint density at radius 1 is 1.03 bits per heavy atom. The molecule has 2 aromatic heterocycles. The Hall–Kier alpha value is -2.93. The van der Waals surface area contributed by atoms with Gasteiger partial charge in [0.15, 0.2) is 17.0 Å². The van der Waals surface area contributed by atoms with Crippen LogP contribution in [0.1, 0.15) is 35.8 Å².